The van der Waals surface area contributed by atoms with Crippen molar-refractivity contribution in [3.05, 3.63) is 42.0 Å². The molecule has 0 unspecified atom stereocenters. The van der Waals surface area contributed by atoms with E-state index in [0.717, 1.165) is 10.5 Å². The van der Waals surface area contributed by atoms with Crippen LogP contribution in [0.5, 0.6) is 0 Å². The van der Waals surface area contributed by atoms with Crippen LogP contribution in [0.25, 0.3) is 4.91 Å². The molecule has 0 bridgehead atoms. The second-order valence-corrected chi connectivity index (χ2v) is 4.79. The molecule has 0 saturated carbocycles. The van der Waals surface area contributed by atoms with E-state index in [1.165, 1.54) is 0 Å². The van der Waals surface area contributed by atoms with E-state index < -0.39 is 0 Å². The first-order valence-electron chi connectivity index (χ1n) is 4.56. The van der Waals surface area contributed by atoms with Crippen LogP contribution in [0.3, 0.4) is 0 Å². The lowest BCUT2D eigenvalue weighted by Crippen LogP contribution is -1.88. The lowest BCUT2D eigenvalue weighted by Gasteiger charge is -2.08. The molecule has 0 aliphatic rings. The first kappa shape index (κ1) is 10.9. The minimum absolute atomic E-state index is 0.495. The molecule has 1 aromatic carbocycles. The molecule has 0 spiro atoms. The van der Waals surface area contributed by atoms with Crippen LogP contribution in [0.4, 0.5) is 0 Å². The van der Waals surface area contributed by atoms with Crippen LogP contribution in [0.2, 0.25) is 0 Å². The summed E-state index contributed by atoms with van der Waals surface area (Å²) in [5, 5.41) is 9.17. The molecule has 0 aliphatic carbocycles. The molecule has 0 radical (unpaired) electrons. The van der Waals surface area contributed by atoms with Crippen molar-refractivity contribution in [1.82, 2.24) is 0 Å². The average molecular weight is 203 g/mol. The molecule has 0 aromatic heterocycles. The number of benzene rings is 1. The zero-order valence-electron chi connectivity index (χ0n) is 8.40. The minimum atomic E-state index is 0.495. The second kappa shape index (κ2) is 5.51. The Labute approximate surface area is 89.4 Å². The topological polar surface area (TPSA) is 23.8 Å². The molecular formula is C12H13NS. The van der Waals surface area contributed by atoms with Crippen LogP contribution < -0.4 is 0 Å². The van der Waals surface area contributed by atoms with Gasteiger partial charge in [-0.05, 0) is 5.56 Å². The molecule has 72 valence electrons. The maximum atomic E-state index is 8.67. The van der Waals surface area contributed by atoms with Crippen molar-refractivity contribution in [2.75, 3.05) is 0 Å². The standard InChI is InChI=1S/C12H13NS/c1-10(2)14-12(8-9-13)11-6-4-3-5-7-11/h3-8,10H,1-2H3/b12-8-. The second-order valence-electron chi connectivity index (χ2n) is 3.17. The molecule has 0 amide bonds. The van der Waals surface area contributed by atoms with Crippen molar-refractivity contribution in [1.29, 1.82) is 5.26 Å². The van der Waals surface area contributed by atoms with Crippen molar-refractivity contribution < 1.29 is 0 Å². The van der Waals surface area contributed by atoms with Crippen molar-refractivity contribution in [3.63, 3.8) is 0 Å². The largest absolute Gasteiger partial charge is 0.193 e. The Hall–Kier alpha value is -1.20. The SMILES string of the molecule is CC(C)S/C(=C\C#N)c1ccccc1. The first-order chi connectivity index (χ1) is 6.74. The highest BCUT2D eigenvalue weighted by molar-refractivity contribution is 8.08. The molecule has 0 atom stereocenters. The van der Waals surface area contributed by atoms with Crippen molar-refractivity contribution in [2.24, 2.45) is 0 Å². The highest BCUT2D eigenvalue weighted by atomic mass is 32.2. The number of rotatable bonds is 3. The van der Waals surface area contributed by atoms with Gasteiger partial charge in [0.15, 0.2) is 0 Å². The lowest BCUT2D eigenvalue weighted by molar-refractivity contribution is 1.12. The summed E-state index contributed by atoms with van der Waals surface area (Å²) in [6.07, 6.45) is 1.61. The van der Waals surface area contributed by atoms with Crippen molar-refractivity contribution in [2.45, 2.75) is 19.1 Å². The summed E-state index contributed by atoms with van der Waals surface area (Å²) in [5.74, 6) is 0. The quantitative estimate of drug-likeness (QED) is 0.699. The Bertz CT molecular complexity index is 346. The molecule has 14 heavy (non-hydrogen) atoms. The van der Waals surface area contributed by atoms with Gasteiger partial charge in [0.25, 0.3) is 0 Å². The Morgan fingerprint density at radius 2 is 2.00 bits per heavy atom. The van der Waals surface area contributed by atoms with Gasteiger partial charge in [-0.25, -0.2) is 0 Å². The number of hydrogen-bond donors (Lipinski definition) is 0. The maximum Gasteiger partial charge on any atom is 0.0923 e. The van der Waals surface area contributed by atoms with Gasteiger partial charge in [0.1, 0.15) is 0 Å². The highest BCUT2D eigenvalue weighted by Crippen LogP contribution is 2.30. The Morgan fingerprint density at radius 3 is 2.50 bits per heavy atom. The Kier molecular flexibility index (Phi) is 4.28. The van der Waals surface area contributed by atoms with E-state index in [1.54, 1.807) is 17.8 Å². The molecule has 2 heteroatoms. The summed E-state index contributed by atoms with van der Waals surface area (Å²) in [5.41, 5.74) is 1.12. The number of hydrogen-bond acceptors (Lipinski definition) is 2. The molecule has 0 N–H and O–H groups in total. The third-order valence-corrected chi connectivity index (χ3v) is 2.70. The Morgan fingerprint density at radius 1 is 1.36 bits per heavy atom. The normalized spacial score (nSPS) is 11.4. The average Bonchev–Trinajstić information content (AvgIpc) is 2.18. The third kappa shape index (κ3) is 3.27. The zero-order valence-corrected chi connectivity index (χ0v) is 9.21. The highest BCUT2D eigenvalue weighted by Gasteiger charge is 2.03. The molecule has 0 heterocycles. The monoisotopic (exact) mass is 203 g/mol. The fraction of sp³-hybridized carbons (Fsp3) is 0.250. The van der Waals surface area contributed by atoms with Crippen LogP contribution in [-0.4, -0.2) is 5.25 Å². The van der Waals surface area contributed by atoms with Crippen LogP contribution in [0.15, 0.2) is 36.4 Å². The summed E-state index contributed by atoms with van der Waals surface area (Å²) in [7, 11) is 0. The van der Waals surface area contributed by atoms with Crippen LogP contribution >= 0.6 is 11.8 Å². The third-order valence-electron chi connectivity index (χ3n) is 1.62. The van der Waals surface area contributed by atoms with E-state index in [1.807, 2.05) is 30.3 Å². The number of thioether (sulfide) groups is 1. The van der Waals surface area contributed by atoms with E-state index in [4.69, 9.17) is 5.26 Å². The van der Waals surface area contributed by atoms with Crippen molar-refractivity contribution >= 4 is 16.7 Å². The van der Waals surface area contributed by atoms with E-state index in [9.17, 15) is 0 Å². The molecular weight excluding hydrogens is 190 g/mol. The zero-order chi connectivity index (χ0) is 10.4. The van der Waals surface area contributed by atoms with Gasteiger partial charge in [0.05, 0.1) is 6.07 Å². The van der Waals surface area contributed by atoms with E-state index in [-0.39, 0.29) is 0 Å². The summed E-state index contributed by atoms with van der Waals surface area (Å²) < 4.78 is 0. The predicted molar refractivity (Wildman–Crippen MR) is 62.8 cm³/mol. The van der Waals surface area contributed by atoms with Gasteiger partial charge in [0.2, 0.25) is 0 Å². The summed E-state index contributed by atoms with van der Waals surface area (Å²) in [4.78, 5) is 1.04. The molecule has 0 aliphatic heterocycles. The van der Waals surface area contributed by atoms with E-state index in [0.29, 0.717) is 5.25 Å². The molecule has 0 saturated heterocycles. The van der Waals surface area contributed by atoms with Gasteiger partial charge in [-0.3, -0.25) is 0 Å². The summed E-state index contributed by atoms with van der Waals surface area (Å²) in [6.45, 7) is 4.25. The van der Waals surface area contributed by atoms with E-state index >= 15 is 0 Å². The minimum Gasteiger partial charge on any atom is -0.193 e. The number of nitriles is 1. The molecule has 1 nitrogen and oxygen atoms in total. The molecule has 1 aromatic rings. The van der Waals surface area contributed by atoms with E-state index in [2.05, 4.69) is 19.9 Å². The summed E-state index contributed by atoms with van der Waals surface area (Å²) in [6, 6.07) is 12.1. The maximum absolute atomic E-state index is 8.67. The van der Waals surface area contributed by atoms with Crippen LogP contribution in [0, 0.1) is 11.3 Å². The fourth-order valence-corrected chi connectivity index (χ4v) is 2.00. The van der Waals surface area contributed by atoms with Gasteiger partial charge >= 0.3 is 0 Å². The fourth-order valence-electron chi connectivity index (χ4n) is 1.10. The number of nitrogens with zero attached hydrogens (tertiary/aromatic N) is 1. The lowest BCUT2D eigenvalue weighted by atomic mass is 10.2. The van der Waals surface area contributed by atoms with Crippen LogP contribution in [-0.2, 0) is 0 Å². The Balaban J connectivity index is 2.91. The number of allylic oxidation sites excluding steroid dienone is 1. The van der Waals surface area contributed by atoms with Gasteiger partial charge < -0.3 is 0 Å². The van der Waals surface area contributed by atoms with Gasteiger partial charge in [-0.15, -0.1) is 11.8 Å². The first-order valence-corrected chi connectivity index (χ1v) is 5.44. The van der Waals surface area contributed by atoms with Crippen molar-refractivity contribution in [3.8, 4) is 6.07 Å². The molecule has 0 fully saturated rings. The van der Waals surface area contributed by atoms with Gasteiger partial charge in [-0.2, -0.15) is 5.26 Å². The summed E-state index contributed by atoms with van der Waals surface area (Å²) >= 11 is 1.72. The predicted octanol–water partition coefficient (Wildman–Crippen LogP) is 3.69. The smallest absolute Gasteiger partial charge is 0.0923 e. The van der Waals surface area contributed by atoms with Gasteiger partial charge in [-0.1, -0.05) is 44.2 Å². The van der Waals surface area contributed by atoms with Crippen LogP contribution in [0.1, 0.15) is 19.4 Å². The molecule has 1 rings (SSSR count). The van der Waals surface area contributed by atoms with Gasteiger partial charge in [0, 0.05) is 16.2 Å².